The summed E-state index contributed by atoms with van der Waals surface area (Å²) in [5.41, 5.74) is 2.15. The van der Waals surface area contributed by atoms with Gasteiger partial charge in [0.25, 0.3) is 5.56 Å². The highest BCUT2D eigenvalue weighted by molar-refractivity contribution is 6.48. The van der Waals surface area contributed by atoms with Crippen molar-refractivity contribution in [3.05, 3.63) is 46.9 Å². The highest BCUT2D eigenvalue weighted by Crippen LogP contribution is 2.49. The number of carbonyl (C=O) groups excluding carboxylic acids is 1. The molecule has 2 unspecified atom stereocenters. The average Bonchev–Trinajstić information content (AvgIpc) is 2.69. The summed E-state index contributed by atoms with van der Waals surface area (Å²) < 4.78 is 50.6. The number of rotatable bonds is 8. The van der Waals surface area contributed by atoms with Gasteiger partial charge in [-0.1, -0.05) is 65.0 Å². The zero-order valence-electron chi connectivity index (χ0n) is 21.2. The first kappa shape index (κ1) is 28.6. The Bertz CT molecular complexity index is 1070. The maximum absolute atomic E-state index is 14.5. The Morgan fingerprint density at radius 1 is 1.17 bits per heavy atom. The lowest BCUT2D eigenvalue weighted by Crippen LogP contribution is -2.67. The minimum absolute atomic E-state index is 0.178. The summed E-state index contributed by atoms with van der Waals surface area (Å²) in [6.07, 6.45) is -3.46. The number of nitrogens with one attached hydrogen (secondary N) is 1. The van der Waals surface area contributed by atoms with Crippen LogP contribution in [0.15, 0.2) is 41.3 Å². The fourth-order valence-electron chi connectivity index (χ4n) is 4.42. The van der Waals surface area contributed by atoms with Crippen LogP contribution in [-0.2, 0) is 15.8 Å². The van der Waals surface area contributed by atoms with Crippen LogP contribution in [0.1, 0.15) is 34.6 Å². The summed E-state index contributed by atoms with van der Waals surface area (Å²) in [5.74, 6) is -3.36. The second kappa shape index (κ2) is 10.5. The van der Waals surface area contributed by atoms with E-state index >= 15 is 0 Å². The first-order valence-corrected chi connectivity index (χ1v) is 14.2. The Labute approximate surface area is 205 Å². The Morgan fingerprint density at radius 2 is 1.74 bits per heavy atom. The van der Waals surface area contributed by atoms with Crippen LogP contribution in [0, 0.1) is 17.3 Å². The van der Waals surface area contributed by atoms with Crippen LogP contribution in [0.2, 0.25) is 13.1 Å². The highest BCUT2D eigenvalue weighted by atomic mass is 28.3. The third-order valence-corrected chi connectivity index (χ3v) is 6.51. The number of benzene rings is 1. The Balaban J connectivity index is 2.61. The van der Waals surface area contributed by atoms with Crippen molar-refractivity contribution in [1.29, 1.82) is 0 Å². The molecule has 11 heteroatoms. The molecule has 0 bridgehead atoms. The lowest BCUT2D eigenvalue weighted by atomic mass is 9.70. The number of amides is 1. The van der Waals surface area contributed by atoms with E-state index in [0.717, 1.165) is 4.57 Å². The van der Waals surface area contributed by atoms with Gasteiger partial charge in [0.05, 0.1) is 6.20 Å². The average molecular weight is 513 g/mol. The first-order chi connectivity index (χ1) is 16.0. The number of alkyl halides is 3. The number of carbonyl (C=O) groups is 1. The molecule has 0 aliphatic heterocycles. The molecule has 0 saturated heterocycles. The van der Waals surface area contributed by atoms with E-state index in [2.05, 4.69) is 10.3 Å². The van der Waals surface area contributed by atoms with E-state index in [9.17, 15) is 22.8 Å². The lowest BCUT2D eigenvalue weighted by molar-refractivity contribution is -0.265. The van der Waals surface area contributed by atoms with Gasteiger partial charge in [-0.25, -0.2) is 4.98 Å². The van der Waals surface area contributed by atoms with Crippen molar-refractivity contribution >= 4 is 20.6 Å². The summed E-state index contributed by atoms with van der Waals surface area (Å²) >= 11 is 0. The fourth-order valence-corrected chi connectivity index (χ4v) is 5.67. The molecule has 1 heterocycles. The third kappa shape index (κ3) is 6.52. The highest BCUT2D eigenvalue weighted by Gasteiger charge is 2.61. The summed E-state index contributed by atoms with van der Waals surface area (Å²) in [6.45, 7) is 10.5. The molecule has 0 aliphatic rings. The predicted octanol–water partition coefficient (Wildman–Crippen LogP) is 4.19. The van der Waals surface area contributed by atoms with Crippen LogP contribution in [-0.4, -0.2) is 36.4 Å². The van der Waals surface area contributed by atoms with Crippen molar-refractivity contribution < 1.29 is 22.4 Å². The van der Waals surface area contributed by atoms with E-state index in [1.54, 1.807) is 57.3 Å². The summed E-state index contributed by atoms with van der Waals surface area (Å²) in [7, 11) is -2.09. The van der Waals surface area contributed by atoms with Gasteiger partial charge in [0.1, 0.15) is 29.7 Å². The number of nitrogens with zero attached hydrogens (tertiary/aromatic N) is 2. The van der Waals surface area contributed by atoms with Crippen molar-refractivity contribution in [2.24, 2.45) is 17.3 Å². The van der Waals surface area contributed by atoms with Crippen LogP contribution in [0.4, 0.5) is 18.9 Å². The first-order valence-electron chi connectivity index (χ1n) is 11.5. The molecule has 2 aromatic rings. The van der Waals surface area contributed by atoms with Gasteiger partial charge in [0.15, 0.2) is 9.04 Å². The van der Waals surface area contributed by atoms with E-state index in [0.29, 0.717) is 5.56 Å². The van der Waals surface area contributed by atoms with Crippen LogP contribution >= 0.6 is 0 Å². The quantitative estimate of drug-likeness (QED) is 0.408. The summed E-state index contributed by atoms with van der Waals surface area (Å²) in [6, 6.07) is 8.67. The van der Waals surface area contributed by atoms with Crippen molar-refractivity contribution in [2.75, 3.05) is 5.73 Å². The number of halogens is 3. The molecule has 35 heavy (non-hydrogen) atoms. The minimum atomic E-state index is -4.66. The van der Waals surface area contributed by atoms with Gasteiger partial charge in [-0.2, -0.15) is 13.2 Å². The van der Waals surface area contributed by atoms with Gasteiger partial charge < -0.3 is 15.5 Å². The van der Waals surface area contributed by atoms with E-state index in [-0.39, 0.29) is 11.5 Å². The van der Waals surface area contributed by atoms with Crippen molar-refractivity contribution in [3.63, 3.8) is 0 Å². The molecular formula is C24H35F3N4O3Si. The van der Waals surface area contributed by atoms with E-state index in [1.807, 2.05) is 0 Å². The smallest absolute Gasteiger partial charge is 0.396 e. The second-order valence-corrected chi connectivity index (χ2v) is 12.6. The molecule has 1 aromatic carbocycles. The molecule has 7 nitrogen and oxygen atoms in total. The molecule has 0 aliphatic carbocycles. The molecule has 0 saturated carbocycles. The second-order valence-electron chi connectivity index (χ2n) is 10.3. The van der Waals surface area contributed by atoms with Crippen LogP contribution in [0.5, 0.6) is 0 Å². The minimum Gasteiger partial charge on any atom is -0.398 e. The Kier molecular flexibility index (Phi) is 8.60. The Morgan fingerprint density at radius 3 is 2.20 bits per heavy atom. The largest absolute Gasteiger partial charge is 0.398 e. The predicted molar refractivity (Wildman–Crippen MR) is 133 cm³/mol. The zero-order chi connectivity index (χ0) is 26.8. The number of aromatic nitrogens is 2. The zero-order valence-corrected chi connectivity index (χ0v) is 22.4. The fraction of sp³-hybridized carbons (Fsp3) is 0.542. The third-order valence-electron chi connectivity index (χ3n) is 5.65. The van der Waals surface area contributed by atoms with Crippen molar-refractivity contribution in [3.8, 4) is 11.4 Å². The Hall–Kier alpha value is -2.66. The van der Waals surface area contributed by atoms with Crippen LogP contribution in [0.25, 0.3) is 11.4 Å². The van der Waals surface area contributed by atoms with Crippen molar-refractivity contribution in [2.45, 2.75) is 66.2 Å². The van der Waals surface area contributed by atoms with E-state index < -0.39 is 56.2 Å². The molecule has 3 N–H and O–H groups in total. The standard InChI is InChI=1S/C24H35F3N4O3Si/c1-15(2)23(34-35(6)7,21(22(3,4)5)24(25,26)27)30-18(32)14-31-19(16-11-9-8-10-12-16)29-13-17(28)20(31)33/h8-13,15,21,35H,14,28H2,1-7H3,(H,30,32). The van der Waals surface area contributed by atoms with Gasteiger partial charge in [-0.15, -0.1) is 0 Å². The summed E-state index contributed by atoms with van der Waals surface area (Å²) in [5, 5.41) is 2.57. The number of anilines is 1. The number of hydrogen-bond acceptors (Lipinski definition) is 5. The van der Waals surface area contributed by atoms with Gasteiger partial charge in [-0.05, 0) is 18.5 Å². The number of hydrogen-bond donors (Lipinski definition) is 2. The van der Waals surface area contributed by atoms with Crippen molar-refractivity contribution in [1.82, 2.24) is 14.9 Å². The molecule has 2 rings (SSSR count). The normalized spacial score (nSPS) is 15.2. The maximum Gasteiger partial charge on any atom is 0.396 e. The molecule has 194 valence electrons. The topological polar surface area (TPSA) is 99.2 Å². The maximum atomic E-state index is 14.5. The van der Waals surface area contributed by atoms with Crippen LogP contribution < -0.4 is 16.6 Å². The summed E-state index contributed by atoms with van der Waals surface area (Å²) in [4.78, 5) is 30.4. The van der Waals surface area contributed by atoms with Gasteiger partial charge >= 0.3 is 6.18 Å². The number of nitrogen functional groups attached to an aromatic ring is 1. The van der Waals surface area contributed by atoms with Gasteiger partial charge in [0.2, 0.25) is 5.91 Å². The molecule has 0 spiro atoms. The lowest BCUT2D eigenvalue weighted by Gasteiger charge is -2.51. The molecule has 2 atom stereocenters. The van der Waals surface area contributed by atoms with Gasteiger partial charge in [0, 0.05) is 11.5 Å². The van der Waals surface area contributed by atoms with Gasteiger partial charge in [-0.3, -0.25) is 14.2 Å². The number of nitrogens with two attached hydrogens (primary N) is 1. The van der Waals surface area contributed by atoms with Crippen LogP contribution in [0.3, 0.4) is 0 Å². The molecule has 0 fully saturated rings. The molecule has 1 aromatic heterocycles. The molecule has 0 radical (unpaired) electrons. The monoisotopic (exact) mass is 512 g/mol. The molecular weight excluding hydrogens is 477 g/mol. The van der Waals surface area contributed by atoms with E-state index in [1.165, 1.54) is 27.0 Å². The molecule has 1 amide bonds. The SMILES string of the molecule is CC(C)C(NC(=O)Cn1c(-c2ccccc2)ncc(N)c1=O)(O[SiH](C)C)C(C(C)(C)C)C(F)(F)F. The van der Waals surface area contributed by atoms with E-state index in [4.69, 9.17) is 10.2 Å².